The van der Waals surface area contributed by atoms with Crippen LogP contribution in [0.5, 0.6) is 0 Å². The van der Waals surface area contributed by atoms with Gasteiger partial charge in [-0.2, -0.15) is 0 Å². The molecule has 0 aliphatic carbocycles. The maximum Gasteiger partial charge on any atom is 0.261 e. The van der Waals surface area contributed by atoms with Gasteiger partial charge in [0.05, 0.1) is 49.7 Å². The summed E-state index contributed by atoms with van der Waals surface area (Å²) < 4.78 is 13.3. The molecule has 0 saturated carbocycles. The molecule has 6 heteroatoms. The molecule has 3 rings (SSSR count). The number of para-hydroxylation sites is 1. The molecule has 0 radical (unpaired) electrons. The summed E-state index contributed by atoms with van der Waals surface area (Å²) in [5.74, 6) is 0. The van der Waals surface area contributed by atoms with Crippen molar-refractivity contribution in [2.24, 2.45) is 0 Å². The molecular weight excluding hydrogens is 312 g/mol. The molecule has 1 aliphatic rings. The summed E-state index contributed by atoms with van der Waals surface area (Å²) in [6.45, 7) is 2.18. The second-order valence-electron chi connectivity index (χ2n) is 4.41. The number of nitrogens with zero attached hydrogens (tertiary/aromatic N) is 2. The summed E-state index contributed by atoms with van der Waals surface area (Å²) in [4.78, 5) is 16.7. The zero-order chi connectivity index (χ0) is 13.2. The molecule has 1 atom stereocenters. The molecule has 0 N–H and O–H groups in total. The van der Waals surface area contributed by atoms with E-state index in [-0.39, 0.29) is 11.7 Å². The maximum atomic E-state index is 12.4. The lowest BCUT2D eigenvalue weighted by molar-refractivity contribution is -0.0939. The first-order chi connectivity index (χ1) is 9.25. The quantitative estimate of drug-likeness (QED) is 0.841. The van der Waals surface area contributed by atoms with Crippen molar-refractivity contribution in [1.29, 1.82) is 0 Å². The number of halogens is 1. The fourth-order valence-corrected chi connectivity index (χ4v) is 2.61. The summed E-state index contributed by atoms with van der Waals surface area (Å²) in [6, 6.07) is 5.49. The SMILES string of the molecule is O=c1c2cccc(Br)c2ncn1CC1COCCO1. The van der Waals surface area contributed by atoms with E-state index in [0.29, 0.717) is 37.3 Å². The Bertz CT molecular complexity index is 650. The molecule has 1 saturated heterocycles. The van der Waals surface area contributed by atoms with E-state index in [9.17, 15) is 4.79 Å². The number of rotatable bonds is 2. The first-order valence-electron chi connectivity index (χ1n) is 6.09. The minimum atomic E-state index is -0.0853. The number of ether oxygens (including phenoxy) is 2. The lowest BCUT2D eigenvalue weighted by Gasteiger charge is -2.23. The van der Waals surface area contributed by atoms with E-state index in [1.165, 1.54) is 0 Å². The van der Waals surface area contributed by atoms with Crippen LogP contribution in [0.15, 0.2) is 33.8 Å². The number of benzene rings is 1. The molecule has 0 spiro atoms. The van der Waals surface area contributed by atoms with Crippen LogP contribution in [-0.4, -0.2) is 35.5 Å². The Morgan fingerprint density at radius 2 is 2.32 bits per heavy atom. The lowest BCUT2D eigenvalue weighted by Crippen LogP contribution is -2.35. The highest BCUT2D eigenvalue weighted by Gasteiger charge is 2.16. The van der Waals surface area contributed by atoms with Gasteiger partial charge in [0.25, 0.3) is 5.56 Å². The summed E-state index contributed by atoms with van der Waals surface area (Å²) in [6.07, 6.45) is 1.48. The van der Waals surface area contributed by atoms with Crippen molar-refractivity contribution in [1.82, 2.24) is 9.55 Å². The normalized spacial score (nSPS) is 19.7. The molecule has 19 heavy (non-hydrogen) atoms. The third kappa shape index (κ3) is 2.56. The minimum Gasteiger partial charge on any atom is -0.376 e. The summed E-state index contributed by atoms with van der Waals surface area (Å²) in [7, 11) is 0. The van der Waals surface area contributed by atoms with Gasteiger partial charge < -0.3 is 9.47 Å². The topological polar surface area (TPSA) is 53.4 Å². The standard InChI is InChI=1S/C13H13BrN2O3/c14-11-3-1-2-10-12(11)15-8-16(13(10)17)6-9-7-18-4-5-19-9/h1-3,8-9H,4-7H2. The molecule has 1 aromatic heterocycles. The second-order valence-corrected chi connectivity index (χ2v) is 5.26. The number of hydrogen-bond donors (Lipinski definition) is 0. The van der Waals surface area contributed by atoms with Gasteiger partial charge >= 0.3 is 0 Å². The zero-order valence-electron chi connectivity index (χ0n) is 10.2. The molecule has 1 unspecified atom stereocenters. The highest BCUT2D eigenvalue weighted by Crippen LogP contribution is 2.18. The van der Waals surface area contributed by atoms with Gasteiger partial charge in [-0.05, 0) is 28.1 Å². The van der Waals surface area contributed by atoms with Crippen LogP contribution < -0.4 is 5.56 Å². The summed E-state index contributed by atoms with van der Waals surface area (Å²) in [5, 5.41) is 0.605. The van der Waals surface area contributed by atoms with Gasteiger partial charge in [-0.1, -0.05) is 6.07 Å². The average Bonchev–Trinajstić information content (AvgIpc) is 2.44. The van der Waals surface area contributed by atoms with Crippen LogP contribution in [0.3, 0.4) is 0 Å². The van der Waals surface area contributed by atoms with Crippen molar-refractivity contribution in [2.75, 3.05) is 19.8 Å². The van der Waals surface area contributed by atoms with Gasteiger partial charge in [0.2, 0.25) is 0 Å². The van der Waals surface area contributed by atoms with Crippen LogP contribution in [0.1, 0.15) is 0 Å². The Morgan fingerprint density at radius 1 is 1.42 bits per heavy atom. The molecule has 1 aromatic carbocycles. The van der Waals surface area contributed by atoms with E-state index in [4.69, 9.17) is 9.47 Å². The molecule has 1 fully saturated rings. The largest absolute Gasteiger partial charge is 0.376 e. The highest BCUT2D eigenvalue weighted by atomic mass is 79.9. The average molecular weight is 325 g/mol. The van der Waals surface area contributed by atoms with Crippen molar-refractivity contribution in [2.45, 2.75) is 12.6 Å². The Hall–Kier alpha value is -1.24. The molecular formula is C13H13BrN2O3. The Labute approximate surface area is 118 Å². The number of hydrogen-bond acceptors (Lipinski definition) is 4. The van der Waals surface area contributed by atoms with Crippen molar-refractivity contribution in [3.8, 4) is 0 Å². The first kappa shape index (κ1) is 12.8. The van der Waals surface area contributed by atoms with Crippen LogP contribution in [0, 0.1) is 0 Å². The molecule has 100 valence electrons. The fraction of sp³-hybridized carbons (Fsp3) is 0.385. The molecule has 0 bridgehead atoms. The zero-order valence-corrected chi connectivity index (χ0v) is 11.8. The van der Waals surface area contributed by atoms with E-state index in [1.54, 1.807) is 17.0 Å². The van der Waals surface area contributed by atoms with Crippen LogP contribution in [0.25, 0.3) is 10.9 Å². The van der Waals surface area contributed by atoms with Crippen molar-refractivity contribution < 1.29 is 9.47 Å². The van der Waals surface area contributed by atoms with Gasteiger partial charge in [0.1, 0.15) is 0 Å². The highest BCUT2D eigenvalue weighted by molar-refractivity contribution is 9.10. The van der Waals surface area contributed by atoms with Gasteiger partial charge in [0, 0.05) is 4.47 Å². The van der Waals surface area contributed by atoms with Gasteiger partial charge in [-0.25, -0.2) is 4.98 Å². The number of aromatic nitrogens is 2. The van der Waals surface area contributed by atoms with Crippen LogP contribution in [0.2, 0.25) is 0 Å². The van der Waals surface area contributed by atoms with Gasteiger partial charge in [-0.3, -0.25) is 9.36 Å². The monoisotopic (exact) mass is 324 g/mol. The Kier molecular flexibility index (Phi) is 3.63. The molecule has 0 amide bonds. The Morgan fingerprint density at radius 3 is 3.11 bits per heavy atom. The van der Waals surface area contributed by atoms with E-state index < -0.39 is 0 Å². The van der Waals surface area contributed by atoms with E-state index in [2.05, 4.69) is 20.9 Å². The lowest BCUT2D eigenvalue weighted by atomic mass is 10.2. The third-order valence-electron chi connectivity index (χ3n) is 3.09. The van der Waals surface area contributed by atoms with Crippen molar-refractivity contribution in [3.63, 3.8) is 0 Å². The molecule has 2 aromatic rings. The number of fused-ring (bicyclic) bond motifs is 1. The third-order valence-corrected chi connectivity index (χ3v) is 3.73. The van der Waals surface area contributed by atoms with E-state index in [0.717, 1.165) is 4.47 Å². The van der Waals surface area contributed by atoms with Crippen molar-refractivity contribution in [3.05, 3.63) is 39.4 Å². The van der Waals surface area contributed by atoms with Gasteiger partial charge in [-0.15, -0.1) is 0 Å². The summed E-state index contributed by atoms with van der Waals surface area (Å²) in [5.41, 5.74) is 0.630. The van der Waals surface area contributed by atoms with E-state index >= 15 is 0 Å². The van der Waals surface area contributed by atoms with Gasteiger partial charge in [0.15, 0.2) is 0 Å². The minimum absolute atomic E-state index is 0.0551. The second kappa shape index (κ2) is 5.40. The fourth-order valence-electron chi connectivity index (χ4n) is 2.15. The Balaban J connectivity index is 1.96. The van der Waals surface area contributed by atoms with Crippen LogP contribution in [-0.2, 0) is 16.0 Å². The first-order valence-corrected chi connectivity index (χ1v) is 6.88. The predicted octanol–water partition coefficient (Wildman–Crippen LogP) is 1.57. The molecule has 2 heterocycles. The van der Waals surface area contributed by atoms with Crippen molar-refractivity contribution >= 4 is 26.8 Å². The molecule has 1 aliphatic heterocycles. The molecule has 5 nitrogen and oxygen atoms in total. The van der Waals surface area contributed by atoms with Crippen LogP contribution >= 0.6 is 15.9 Å². The predicted molar refractivity (Wildman–Crippen MR) is 74.3 cm³/mol. The van der Waals surface area contributed by atoms with Crippen LogP contribution in [0.4, 0.5) is 0 Å². The maximum absolute atomic E-state index is 12.4. The van der Waals surface area contributed by atoms with E-state index in [1.807, 2.05) is 12.1 Å². The summed E-state index contributed by atoms with van der Waals surface area (Å²) >= 11 is 3.40. The smallest absolute Gasteiger partial charge is 0.261 e.